The highest BCUT2D eigenvalue weighted by molar-refractivity contribution is 7.80. The van der Waals surface area contributed by atoms with E-state index in [1.807, 2.05) is 18.2 Å². The van der Waals surface area contributed by atoms with Crippen molar-refractivity contribution < 1.29 is 9.53 Å². The lowest BCUT2D eigenvalue weighted by Gasteiger charge is -2.18. The number of carbonyl (C=O) groups is 1. The Morgan fingerprint density at radius 3 is 3.20 bits per heavy atom. The van der Waals surface area contributed by atoms with Crippen LogP contribution in [0.25, 0.3) is 0 Å². The van der Waals surface area contributed by atoms with Crippen molar-refractivity contribution in [2.75, 3.05) is 29.5 Å². The van der Waals surface area contributed by atoms with Crippen molar-refractivity contribution in [3.8, 4) is 5.75 Å². The number of ether oxygens (including phenoxy) is 1. The minimum absolute atomic E-state index is 0.0937. The Balaban J connectivity index is 2.17. The first-order valence-corrected chi connectivity index (χ1v) is 5.34. The van der Waals surface area contributed by atoms with E-state index < -0.39 is 0 Å². The zero-order valence-corrected chi connectivity index (χ0v) is 9.01. The van der Waals surface area contributed by atoms with Crippen LogP contribution in [0, 0.1) is 0 Å². The number of thiol groups is 1. The van der Waals surface area contributed by atoms with Crippen LogP contribution in [-0.2, 0) is 4.79 Å². The van der Waals surface area contributed by atoms with Crippen LogP contribution in [0.15, 0.2) is 18.2 Å². The predicted molar refractivity (Wildman–Crippen MR) is 62.9 cm³/mol. The maximum absolute atomic E-state index is 11.1. The highest BCUT2D eigenvalue weighted by Gasteiger charge is 2.15. The first-order valence-electron chi connectivity index (χ1n) is 4.71. The van der Waals surface area contributed by atoms with Crippen molar-refractivity contribution in [3.05, 3.63) is 18.2 Å². The molecule has 5 heteroatoms. The molecule has 2 N–H and O–H groups in total. The molecule has 0 spiro atoms. The van der Waals surface area contributed by atoms with Crippen LogP contribution in [0.2, 0.25) is 0 Å². The molecule has 0 aromatic heterocycles. The molecule has 1 aliphatic rings. The molecule has 0 atom stereocenters. The average molecular weight is 224 g/mol. The summed E-state index contributed by atoms with van der Waals surface area (Å²) in [6.45, 7) is 0.882. The largest absolute Gasteiger partial charge is 0.482 e. The SMILES string of the molecule is O=C1COc2ccc(NCCS)cc2N1. The molecule has 2 rings (SSSR count). The number of hydrogen-bond donors (Lipinski definition) is 3. The normalized spacial score (nSPS) is 13.8. The van der Waals surface area contributed by atoms with Crippen molar-refractivity contribution >= 4 is 29.9 Å². The van der Waals surface area contributed by atoms with Crippen LogP contribution in [0.1, 0.15) is 0 Å². The van der Waals surface area contributed by atoms with E-state index in [4.69, 9.17) is 4.74 Å². The quantitative estimate of drug-likeness (QED) is 0.679. The van der Waals surface area contributed by atoms with Crippen LogP contribution in [-0.4, -0.2) is 24.8 Å². The summed E-state index contributed by atoms with van der Waals surface area (Å²) in [5, 5.41) is 5.93. The summed E-state index contributed by atoms with van der Waals surface area (Å²) in [6, 6.07) is 5.62. The molecule has 0 fully saturated rings. The van der Waals surface area contributed by atoms with Gasteiger partial charge in [-0.15, -0.1) is 0 Å². The molecule has 1 aromatic rings. The van der Waals surface area contributed by atoms with Gasteiger partial charge < -0.3 is 15.4 Å². The molecule has 1 amide bonds. The summed E-state index contributed by atoms with van der Waals surface area (Å²) in [5.41, 5.74) is 1.67. The van der Waals surface area contributed by atoms with Gasteiger partial charge in [-0.1, -0.05) is 0 Å². The number of benzene rings is 1. The lowest BCUT2D eigenvalue weighted by molar-refractivity contribution is -0.118. The number of nitrogens with one attached hydrogen (secondary N) is 2. The highest BCUT2D eigenvalue weighted by atomic mass is 32.1. The molecule has 0 aliphatic carbocycles. The van der Waals surface area contributed by atoms with E-state index in [1.54, 1.807) is 0 Å². The van der Waals surface area contributed by atoms with Crippen LogP contribution >= 0.6 is 12.6 Å². The third-order valence-corrected chi connectivity index (χ3v) is 2.28. The number of carbonyl (C=O) groups excluding carboxylic acids is 1. The Morgan fingerprint density at radius 2 is 2.40 bits per heavy atom. The monoisotopic (exact) mass is 224 g/mol. The fraction of sp³-hybridized carbons (Fsp3) is 0.300. The molecule has 0 saturated carbocycles. The van der Waals surface area contributed by atoms with Gasteiger partial charge in [0.25, 0.3) is 5.91 Å². The van der Waals surface area contributed by atoms with E-state index >= 15 is 0 Å². The van der Waals surface area contributed by atoms with Gasteiger partial charge in [0.05, 0.1) is 5.69 Å². The van der Waals surface area contributed by atoms with E-state index in [0.29, 0.717) is 5.75 Å². The third-order valence-electron chi connectivity index (χ3n) is 2.05. The summed E-state index contributed by atoms with van der Waals surface area (Å²) in [5.74, 6) is 1.36. The molecule has 0 radical (unpaired) electrons. The molecule has 1 aromatic carbocycles. The third kappa shape index (κ3) is 2.36. The Morgan fingerprint density at radius 1 is 1.53 bits per heavy atom. The fourth-order valence-electron chi connectivity index (χ4n) is 1.39. The number of anilines is 2. The maximum atomic E-state index is 11.1. The van der Waals surface area contributed by atoms with Crippen LogP contribution in [0.4, 0.5) is 11.4 Å². The van der Waals surface area contributed by atoms with E-state index in [9.17, 15) is 4.79 Å². The molecule has 1 heterocycles. The molecule has 1 aliphatic heterocycles. The summed E-state index contributed by atoms with van der Waals surface area (Å²) >= 11 is 4.11. The molecular formula is C10H12N2O2S. The number of hydrogen-bond acceptors (Lipinski definition) is 4. The van der Waals surface area contributed by atoms with E-state index in [-0.39, 0.29) is 12.5 Å². The summed E-state index contributed by atoms with van der Waals surface area (Å²) < 4.78 is 5.24. The van der Waals surface area contributed by atoms with Crippen LogP contribution in [0.5, 0.6) is 5.75 Å². The summed E-state index contributed by atoms with van der Waals surface area (Å²) in [7, 11) is 0. The second kappa shape index (κ2) is 4.44. The lowest BCUT2D eigenvalue weighted by Crippen LogP contribution is -2.25. The first kappa shape index (κ1) is 10.2. The topological polar surface area (TPSA) is 50.4 Å². The van der Waals surface area contributed by atoms with Crippen molar-refractivity contribution in [1.29, 1.82) is 0 Å². The number of fused-ring (bicyclic) bond motifs is 1. The van der Waals surface area contributed by atoms with Gasteiger partial charge >= 0.3 is 0 Å². The van der Waals surface area contributed by atoms with Crippen molar-refractivity contribution in [2.45, 2.75) is 0 Å². The molecule has 0 unspecified atom stereocenters. The Labute approximate surface area is 93.4 Å². The van der Waals surface area contributed by atoms with Gasteiger partial charge in [-0.05, 0) is 18.2 Å². The minimum atomic E-state index is -0.117. The summed E-state index contributed by atoms with van der Waals surface area (Å²) in [6.07, 6.45) is 0. The zero-order chi connectivity index (χ0) is 10.7. The van der Waals surface area contributed by atoms with E-state index in [0.717, 1.165) is 23.7 Å². The van der Waals surface area contributed by atoms with Gasteiger partial charge in [0.2, 0.25) is 0 Å². The van der Waals surface area contributed by atoms with Crippen molar-refractivity contribution in [2.24, 2.45) is 0 Å². The second-order valence-corrected chi connectivity index (χ2v) is 3.65. The smallest absolute Gasteiger partial charge is 0.262 e. The van der Waals surface area contributed by atoms with Gasteiger partial charge in [-0.3, -0.25) is 4.79 Å². The van der Waals surface area contributed by atoms with Crippen molar-refractivity contribution in [1.82, 2.24) is 0 Å². The second-order valence-electron chi connectivity index (χ2n) is 3.20. The van der Waals surface area contributed by atoms with Gasteiger partial charge in [-0.25, -0.2) is 0 Å². The van der Waals surface area contributed by atoms with Crippen LogP contribution in [0.3, 0.4) is 0 Å². The summed E-state index contributed by atoms with van der Waals surface area (Å²) in [4.78, 5) is 11.1. The molecule has 0 saturated heterocycles. The first-order chi connectivity index (χ1) is 7.29. The van der Waals surface area contributed by atoms with E-state index in [1.165, 1.54) is 0 Å². The molecule has 80 valence electrons. The fourth-order valence-corrected chi connectivity index (χ4v) is 1.51. The zero-order valence-electron chi connectivity index (χ0n) is 8.12. The molecular weight excluding hydrogens is 212 g/mol. The predicted octanol–water partition coefficient (Wildman–Crippen LogP) is 1.36. The van der Waals surface area contributed by atoms with Crippen molar-refractivity contribution in [3.63, 3.8) is 0 Å². The number of rotatable bonds is 3. The molecule has 4 nitrogen and oxygen atoms in total. The van der Waals surface area contributed by atoms with Gasteiger partial charge in [0, 0.05) is 18.0 Å². The average Bonchev–Trinajstić information content (AvgIpc) is 2.25. The Hall–Kier alpha value is -1.36. The minimum Gasteiger partial charge on any atom is -0.482 e. The Bertz CT molecular complexity index is 382. The maximum Gasteiger partial charge on any atom is 0.262 e. The number of amides is 1. The lowest BCUT2D eigenvalue weighted by atomic mass is 10.2. The molecule has 15 heavy (non-hydrogen) atoms. The van der Waals surface area contributed by atoms with Gasteiger partial charge in [0.1, 0.15) is 5.75 Å². The van der Waals surface area contributed by atoms with Crippen LogP contribution < -0.4 is 15.4 Å². The van der Waals surface area contributed by atoms with Gasteiger partial charge in [0.15, 0.2) is 6.61 Å². The Kier molecular flexibility index (Phi) is 3.01. The molecule has 0 bridgehead atoms. The van der Waals surface area contributed by atoms with E-state index in [2.05, 4.69) is 23.3 Å². The highest BCUT2D eigenvalue weighted by Crippen LogP contribution is 2.30. The van der Waals surface area contributed by atoms with Gasteiger partial charge in [-0.2, -0.15) is 12.6 Å². The standard InChI is InChI=1S/C10H12N2O2S/c13-10-6-14-9-2-1-7(11-3-4-15)5-8(9)12-10/h1-2,5,11,15H,3-4,6H2,(H,12,13).